The number of nitrogens with one attached hydrogen (secondary N) is 1. The molecule has 1 nitrogen and oxygen atoms in total. The van der Waals surface area contributed by atoms with Crippen LogP contribution in [0.15, 0.2) is 24.3 Å². The Bertz CT molecular complexity index is 589. The van der Waals surface area contributed by atoms with Crippen molar-refractivity contribution in [2.75, 3.05) is 6.54 Å². The Labute approximate surface area is 131 Å². The predicted octanol–water partition coefficient (Wildman–Crippen LogP) is 5.42. The standard InChI is InChI=1S/C17H22ClNS/c1-5-9-19-16(17-11(2)10-12(3)20-17)14-7-6-8-15(18)13(14)4/h6-8,10,16,19H,5,9H2,1-4H3. The first-order chi connectivity index (χ1) is 9.54. The number of thiophene rings is 1. The fraction of sp³-hybridized carbons (Fsp3) is 0.412. The lowest BCUT2D eigenvalue weighted by Crippen LogP contribution is -2.23. The molecule has 1 unspecified atom stereocenters. The van der Waals surface area contributed by atoms with E-state index in [1.165, 1.54) is 26.4 Å². The molecule has 2 aromatic rings. The Balaban J connectivity index is 2.47. The molecule has 0 spiro atoms. The summed E-state index contributed by atoms with van der Waals surface area (Å²) in [7, 11) is 0. The summed E-state index contributed by atoms with van der Waals surface area (Å²) in [6.45, 7) is 9.67. The van der Waals surface area contributed by atoms with Gasteiger partial charge in [0.2, 0.25) is 0 Å². The molecule has 2 rings (SSSR count). The van der Waals surface area contributed by atoms with E-state index in [0.717, 1.165) is 18.0 Å². The number of hydrogen-bond donors (Lipinski definition) is 1. The second kappa shape index (κ2) is 6.75. The fourth-order valence-corrected chi connectivity index (χ4v) is 3.83. The van der Waals surface area contributed by atoms with Gasteiger partial charge in [0.1, 0.15) is 0 Å². The van der Waals surface area contributed by atoms with Gasteiger partial charge in [-0.1, -0.05) is 30.7 Å². The van der Waals surface area contributed by atoms with E-state index in [1.807, 2.05) is 23.5 Å². The maximum atomic E-state index is 6.30. The summed E-state index contributed by atoms with van der Waals surface area (Å²) < 4.78 is 0. The first kappa shape index (κ1) is 15.6. The molecule has 20 heavy (non-hydrogen) atoms. The van der Waals surface area contributed by atoms with Crippen LogP contribution in [0.5, 0.6) is 0 Å². The molecule has 1 N–H and O–H groups in total. The zero-order valence-electron chi connectivity index (χ0n) is 12.6. The minimum atomic E-state index is 0.243. The first-order valence-corrected chi connectivity index (χ1v) is 8.29. The number of aryl methyl sites for hydroxylation is 2. The van der Waals surface area contributed by atoms with Crippen molar-refractivity contribution in [3.05, 3.63) is 55.7 Å². The van der Waals surface area contributed by atoms with Crippen LogP contribution >= 0.6 is 22.9 Å². The quantitative estimate of drug-likeness (QED) is 0.778. The zero-order chi connectivity index (χ0) is 14.7. The Kier molecular flexibility index (Phi) is 5.25. The molecular formula is C17H22ClNS. The summed E-state index contributed by atoms with van der Waals surface area (Å²) in [6.07, 6.45) is 1.12. The third kappa shape index (κ3) is 3.25. The summed E-state index contributed by atoms with van der Waals surface area (Å²) in [4.78, 5) is 2.77. The molecule has 3 heteroatoms. The van der Waals surface area contributed by atoms with Gasteiger partial charge in [0.25, 0.3) is 0 Å². The van der Waals surface area contributed by atoms with Crippen molar-refractivity contribution in [1.29, 1.82) is 0 Å². The van der Waals surface area contributed by atoms with Gasteiger partial charge in [-0.3, -0.25) is 0 Å². The van der Waals surface area contributed by atoms with Crippen LogP contribution in [0.25, 0.3) is 0 Å². The average molecular weight is 308 g/mol. The molecule has 0 fully saturated rings. The van der Waals surface area contributed by atoms with Gasteiger partial charge in [-0.15, -0.1) is 11.3 Å². The van der Waals surface area contributed by atoms with Gasteiger partial charge in [0.05, 0.1) is 6.04 Å². The summed E-state index contributed by atoms with van der Waals surface area (Å²) in [5, 5.41) is 4.52. The Morgan fingerprint density at radius 1 is 1.25 bits per heavy atom. The Hall–Kier alpha value is -0.830. The number of hydrogen-bond acceptors (Lipinski definition) is 2. The second-order valence-corrected chi connectivity index (χ2v) is 6.94. The largest absolute Gasteiger partial charge is 0.306 e. The van der Waals surface area contributed by atoms with Gasteiger partial charge < -0.3 is 5.32 Å². The van der Waals surface area contributed by atoms with Crippen molar-refractivity contribution >= 4 is 22.9 Å². The molecule has 1 aromatic carbocycles. The van der Waals surface area contributed by atoms with E-state index < -0.39 is 0 Å². The van der Waals surface area contributed by atoms with E-state index in [9.17, 15) is 0 Å². The average Bonchev–Trinajstić information content (AvgIpc) is 2.74. The summed E-state index contributed by atoms with van der Waals surface area (Å²) in [5.74, 6) is 0. The molecule has 0 aliphatic rings. The highest BCUT2D eigenvalue weighted by Gasteiger charge is 2.20. The second-order valence-electron chi connectivity index (χ2n) is 5.25. The molecule has 1 aromatic heterocycles. The van der Waals surface area contributed by atoms with E-state index in [1.54, 1.807) is 0 Å². The number of halogens is 1. The lowest BCUT2D eigenvalue weighted by atomic mass is 9.98. The highest BCUT2D eigenvalue weighted by molar-refractivity contribution is 7.12. The summed E-state index contributed by atoms with van der Waals surface area (Å²) in [5.41, 5.74) is 3.82. The highest BCUT2D eigenvalue weighted by Crippen LogP contribution is 2.34. The SMILES string of the molecule is CCCNC(c1cccc(Cl)c1C)c1sc(C)cc1C. The van der Waals surface area contributed by atoms with Crippen molar-refractivity contribution in [2.45, 2.75) is 40.2 Å². The van der Waals surface area contributed by atoms with Gasteiger partial charge in [-0.2, -0.15) is 0 Å². The van der Waals surface area contributed by atoms with E-state index in [-0.39, 0.29) is 6.04 Å². The van der Waals surface area contributed by atoms with Gasteiger partial charge in [0.15, 0.2) is 0 Å². The lowest BCUT2D eigenvalue weighted by molar-refractivity contribution is 0.601. The minimum Gasteiger partial charge on any atom is -0.306 e. The fourth-order valence-electron chi connectivity index (χ4n) is 2.52. The van der Waals surface area contributed by atoms with Crippen LogP contribution in [-0.2, 0) is 0 Å². The summed E-state index contributed by atoms with van der Waals surface area (Å²) in [6, 6.07) is 8.70. The van der Waals surface area contributed by atoms with Crippen molar-refractivity contribution in [1.82, 2.24) is 5.32 Å². The Morgan fingerprint density at radius 3 is 2.60 bits per heavy atom. The Morgan fingerprint density at radius 2 is 2.00 bits per heavy atom. The van der Waals surface area contributed by atoms with E-state index in [4.69, 9.17) is 11.6 Å². The van der Waals surface area contributed by atoms with Crippen molar-refractivity contribution in [3.8, 4) is 0 Å². The monoisotopic (exact) mass is 307 g/mol. The molecule has 1 atom stereocenters. The predicted molar refractivity (Wildman–Crippen MR) is 90.1 cm³/mol. The molecule has 0 saturated carbocycles. The molecule has 0 amide bonds. The molecule has 108 valence electrons. The third-order valence-electron chi connectivity index (χ3n) is 3.56. The van der Waals surface area contributed by atoms with Crippen molar-refractivity contribution in [2.24, 2.45) is 0 Å². The van der Waals surface area contributed by atoms with Crippen molar-refractivity contribution in [3.63, 3.8) is 0 Å². The molecule has 0 bridgehead atoms. The van der Waals surface area contributed by atoms with Crippen LogP contribution < -0.4 is 5.32 Å². The van der Waals surface area contributed by atoms with Gasteiger partial charge >= 0.3 is 0 Å². The zero-order valence-corrected chi connectivity index (χ0v) is 14.2. The van der Waals surface area contributed by atoms with Gasteiger partial charge in [-0.25, -0.2) is 0 Å². The molecule has 0 saturated heterocycles. The van der Waals surface area contributed by atoms with Crippen LogP contribution in [0.1, 0.15) is 45.8 Å². The third-order valence-corrected chi connectivity index (χ3v) is 5.19. The van der Waals surface area contributed by atoms with Crippen LogP contribution in [0.3, 0.4) is 0 Å². The summed E-state index contributed by atoms with van der Waals surface area (Å²) >= 11 is 8.18. The molecule has 0 aliphatic heterocycles. The number of benzene rings is 1. The number of rotatable bonds is 5. The molecule has 0 radical (unpaired) electrons. The smallest absolute Gasteiger partial charge is 0.0676 e. The van der Waals surface area contributed by atoms with Gasteiger partial charge in [-0.05, 0) is 62.6 Å². The lowest BCUT2D eigenvalue weighted by Gasteiger charge is -2.21. The minimum absolute atomic E-state index is 0.243. The van der Waals surface area contributed by atoms with Crippen LogP contribution in [0.2, 0.25) is 5.02 Å². The van der Waals surface area contributed by atoms with E-state index >= 15 is 0 Å². The molecular weight excluding hydrogens is 286 g/mol. The van der Waals surface area contributed by atoms with Crippen LogP contribution in [0, 0.1) is 20.8 Å². The first-order valence-electron chi connectivity index (χ1n) is 7.10. The van der Waals surface area contributed by atoms with Crippen molar-refractivity contribution < 1.29 is 0 Å². The van der Waals surface area contributed by atoms with Crippen LogP contribution in [0.4, 0.5) is 0 Å². The maximum Gasteiger partial charge on any atom is 0.0676 e. The highest BCUT2D eigenvalue weighted by atomic mass is 35.5. The topological polar surface area (TPSA) is 12.0 Å². The van der Waals surface area contributed by atoms with Crippen LogP contribution in [-0.4, -0.2) is 6.54 Å². The van der Waals surface area contributed by atoms with E-state index in [2.05, 4.69) is 45.1 Å². The maximum absolute atomic E-state index is 6.30. The molecule has 0 aliphatic carbocycles. The molecule has 1 heterocycles. The van der Waals surface area contributed by atoms with E-state index in [0.29, 0.717) is 0 Å². The van der Waals surface area contributed by atoms with Gasteiger partial charge in [0, 0.05) is 14.8 Å². The normalized spacial score (nSPS) is 12.7.